The standard InChI is InChI=1S/C17H20N2OS/c1-11-13(3)21-17(18-11)10-19-8-4-5-15-9-14(12(2)20)6-7-16(15)19/h6-7,9H,4-5,8,10H2,1-3H3. The maximum atomic E-state index is 11.5. The summed E-state index contributed by atoms with van der Waals surface area (Å²) in [5.41, 5.74) is 4.51. The number of carbonyl (C=O) groups excluding carboxylic acids is 1. The Morgan fingerprint density at radius 2 is 2.19 bits per heavy atom. The molecule has 0 unspecified atom stereocenters. The molecule has 0 N–H and O–H groups in total. The van der Waals surface area contributed by atoms with Crippen LogP contribution in [0.15, 0.2) is 18.2 Å². The SMILES string of the molecule is CC(=O)c1ccc2c(c1)CCCN2Cc1nc(C)c(C)s1. The van der Waals surface area contributed by atoms with Crippen LogP contribution in [0, 0.1) is 13.8 Å². The van der Waals surface area contributed by atoms with Gasteiger partial charge in [-0.05, 0) is 57.4 Å². The van der Waals surface area contributed by atoms with Crippen molar-refractivity contribution in [1.29, 1.82) is 0 Å². The fourth-order valence-corrected chi connectivity index (χ4v) is 3.78. The van der Waals surface area contributed by atoms with Gasteiger partial charge in [0.15, 0.2) is 5.78 Å². The molecule has 2 heterocycles. The van der Waals surface area contributed by atoms with Crippen molar-refractivity contribution in [2.45, 2.75) is 40.2 Å². The first-order chi connectivity index (χ1) is 10.0. The highest BCUT2D eigenvalue weighted by Crippen LogP contribution is 2.30. The maximum Gasteiger partial charge on any atom is 0.159 e. The number of hydrogen-bond donors (Lipinski definition) is 0. The molecule has 3 nitrogen and oxygen atoms in total. The Morgan fingerprint density at radius 1 is 1.38 bits per heavy atom. The number of benzene rings is 1. The van der Waals surface area contributed by atoms with E-state index in [9.17, 15) is 4.79 Å². The molecule has 0 aliphatic carbocycles. The van der Waals surface area contributed by atoms with Gasteiger partial charge in [0, 0.05) is 22.7 Å². The molecule has 0 fully saturated rings. The van der Waals surface area contributed by atoms with Gasteiger partial charge in [-0.1, -0.05) is 0 Å². The number of thiazole rings is 1. The summed E-state index contributed by atoms with van der Waals surface area (Å²) in [5, 5.41) is 1.17. The third kappa shape index (κ3) is 2.86. The van der Waals surface area contributed by atoms with E-state index in [-0.39, 0.29) is 5.78 Å². The first-order valence-corrected chi connectivity index (χ1v) is 8.18. The molecule has 0 spiro atoms. The van der Waals surface area contributed by atoms with Crippen molar-refractivity contribution in [1.82, 2.24) is 4.98 Å². The number of aromatic nitrogens is 1. The van der Waals surface area contributed by atoms with E-state index in [2.05, 4.69) is 35.9 Å². The van der Waals surface area contributed by atoms with E-state index in [1.807, 2.05) is 6.07 Å². The van der Waals surface area contributed by atoms with Crippen LogP contribution in [-0.2, 0) is 13.0 Å². The van der Waals surface area contributed by atoms with Crippen LogP contribution in [0.5, 0.6) is 0 Å². The molecule has 1 aliphatic rings. The van der Waals surface area contributed by atoms with Gasteiger partial charge in [-0.25, -0.2) is 4.98 Å². The zero-order valence-electron chi connectivity index (χ0n) is 12.8. The van der Waals surface area contributed by atoms with Crippen LogP contribution >= 0.6 is 11.3 Å². The highest BCUT2D eigenvalue weighted by atomic mass is 32.1. The van der Waals surface area contributed by atoms with Crippen LogP contribution in [0.25, 0.3) is 0 Å². The van der Waals surface area contributed by atoms with Crippen LogP contribution in [0.4, 0.5) is 5.69 Å². The number of hydrogen-bond acceptors (Lipinski definition) is 4. The maximum absolute atomic E-state index is 11.5. The van der Waals surface area contributed by atoms with Crippen LogP contribution < -0.4 is 4.90 Å². The van der Waals surface area contributed by atoms with E-state index < -0.39 is 0 Å². The second kappa shape index (κ2) is 5.60. The number of aryl methyl sites for hydroxylation is 3. The minimum atomic E-state index is 0.140. The van der Waals surface area contributed by atoms with E-state index >= 15 is 0 Å². The summed E-state index contributed by atoms with van der Waals surface area (Å²) in [4.78, 5) is 19.9. The molecular weight excluding hydrogens is 280 g/mol. The number of rotatable bonds is 3. The summed E-state index contributed by atoms with van der Waals surface area (Å²) in [5.74, 6) is 0.140. The van der Waals surface area contributed by atoms with Gasteiger partial charge in [-0.2, -0.15) is 0 Å². The summed E-state index contributed by atoms with van der Waals surface area (Å²) in [7, 11) is 0. The topological polar surface area (TPSA) is 33.2 Å². The van der Waals surface area contributed by atoms with Crippen molar-refractivity contribution >= 4 is 22.8 Å². The molecular formula is C17H20N2OS. The third-order valence-electron chi connectivity index (χ3n) is 4.10. The van der Waals surface area contributed by atoms with Crippen LogP contribution in [0.3, 0.4) is 0 Å². The van der Waals surface area contributed by atoms with Crippen molar-refractivity contribution in [3.63, 3.8) is 0 Å². The Kier molecular flexibility index (Phi) is 3.81. The van der Waals surface area contributed by atoms with Crippen LogP contribution in [0.1, 0.15) is 44.8 Å². The number of Topliss-reactive ketones (excluding diaryl/α,β-unsaturated/α-hetero) is 1. The quantitative estimate of drug-likeness (QED) is 0.806. The molecule has 0 atom stereocenters. The molecule has 0 amide bonds. The molecule has 2 aromatic rings. The fourth-order valence-electron chi connectivity index (χ4n) is 2.83. The van der Waals surface area contributed by atoms with Crippen molar-refractivity contribution < 1.29 is 4.79 Å². The second-order valence-corrected chi connectivity index (χ2v) is 6.96. The number of anilines is 1. The fraction of sp³-hybridized carbons (Fsp3) is 0.412. The molecule has 21 heavy (non-hydrogen) atoms. The molecule has 3 rings (SSSR count). The Bertz CT molecular complexity index is 671. The lowest BCUT2D eigenvalue weighted by Crippen LogP contribution is -2.28. The van der Waals surface area contributed by atoms with E-state index in [0.717, 1.165) is 37.2 Å². The van der Waals surface area contributed by atoms with Crippen molar-refractivity contribution in [2.24, 2.45) is 0 Å². The average Bonchev–Trinajstić information content (AvgIpc) is 2.77. The van der Waals surface area contributed by atoms with Crippen LogP contribution in [0.2, 0.25) is 0 Å². The normalized spacial score (nSPS) is 14.1. The predicted molar refractivity (Wildman–Crippen MR) is 87.4 cm³/mol. The highest BCUT2D eigenvalue weighted by Gasteiger charge is 2.19. The molecule has 0 saturated carbocycles. The Morgan fingerprint density at radius 3 is 2.86 bits per heavy atom. The molecule has 110 valence electrons. The summed E-state index contributed by atoms with van der Waals surface area (Å²) in [6.45, 7) is 7.75. The molecule has 0 bridgehead atoms. The minimum absolute atomic E-state index is 0.140. The number of ketones is 1. The van der Waals surface area contributed by atoms with Crippen LogP contribution in [-0.4, -0.2) is 17.3 Å². The van der Waals surface area contributed by atoms with Gasteiger partial charge in [0.05, 0.1) is 12.2 Å². The molecule has 1 aliphatic heterocycles. The summed E-state index contributed by atoms with van der Waals surface area (Å²) in [6.07, 6.45) is 2.20. The summed E-state index contributed by atoms with van der Waals surface area (Å²) >= 11 is 1.78. The van der Waals surface area contributed by atoms with Gasteiger partial charge < -0.3 is 4.90 Å². The number of nitrogens with zero attached hydrogens (tertiary/aromatic N) is 2. The van der Waals surface area contributed by atoms with Gasteiger partial charge in [0.1, 0.15) is 5.01 Å². The third-order valence-corrected chi connectivity index (χ3v) is 5.16. The lowest BCUT2D eigenvalue weighted by molar-refractivity contribution is 0.101. The first kappa shape index (κ1) is 14.3. The first-order valence-electron chi connectivity index (χ1n) is 7.36. The molecule has 4 heteroatoms. The van der Waals surface area contributed by atoms with Gasteiger partial charge in [0.25, 0.3) is 0 Å². The predicted octanol–water partition coefficient (Wildman–Crippen LogP) is 3.92. The van der Waals surface area contributed by atoms with Gasteiger partial charge >= 0.3 is 0 Å². The van der Waals surface area contributed by atoms with Crippen molar-refractivity contribution in [2.75, 3.05) is 11.4 Å². The molecule has 0 saturated heterocycles. The summed E-state index contributed by atoms with van der Waals surface area (Å²) < 4.78 is 0. The van der Waals surface area contributed by atoms with E-state index in [1.54, 1.807) is 18.3 Å². The summed E-state index contributed by atoms with van der Waals surface area (Å²) in [6, 6.07) is 6.10. The average molecular weight is 300 g/mol. The van der Waals surface area contributed by atoms with Gasteiger partial charge in [0.2, 0.25) is 0 Å². The smallest absolute Gasteiger partial charge is 0.159 e. The highest BCUT2D eigenvalue weighted by molar-refractivity contribution is 7.11. The Balaban J connectivity index is 1.88. The van der Waals surface area contributed by atoms with Gasteiger partial charge in [-0.15, -0.1) is 11.3 Å². The largest absolute Gasteiger partial charge is 0.365 e. The zero-order valence-corrected chi connectivity index (χ0v) is 13.6. The zero-order chi connectivity index (χ0) is 15.0. The van der Waals surface area contributed by atoms with Crippen molar-refractivity contribution in [3.8, 4) is 0 Å². The molecule has 1 aromatic carbocycles. The monoisotopic (exact) mass is 300 g/mol. The molecule has 1 aromatic heterocycles. The lowest BCUT2D eigenvalue weighted by Gasteiger charge is -2.31. The van der Waals surface area contributed by atoms with Crippen molar-refractivity contribution in [3.05, 3.63) is 44.9 Å². The van der Waals surface area contributed by atoms with E-state index in [0.29, 0.717) is 0 Å². The molecule has 0 radical (unpaired) electrons. The number of fused-ring (bicyclic) bond motifs is 1. The second-order valence-electron chi connectivity index (χ2n) is 5.67. The van der Waals surface area contributed by atoms with E-state index in [4.69, 9.17) is 0 Å². The Hall–Kier alpha value is -1.68. The lowest BCUT2D eigenvalue weighted by atomic mass is 9.98. The number of carbonyl (C=O) groups is 1. The Labute approximate surface area is 129 Å². The van der Waals surface area contributed by atoms with E-state index in [1.165, 1.54) is 21.1 Å². The minimum Gasteiger partial charge on any atom is -0.365 e. The van der Waals surface area contributed by atoms with Gasteiger partial charge in [-0.3, -0.25) is 4.79 Å².